The number of nitrogens with zero attached hydrogens (tertiary/aromatic N) is 2. The molecule has 0 bridgehead atoms. The fourth-order valence-electron chi connectivity index (χ4n) is 5.00. The van der Waals surface area contributed by atoms with E-state index in [1.54, 1.807) is 13.2 Å². The molecule has 3 amide bonds. The molecule has 2 aliphatic heterocycles. The number of hydrogen-bond acceptors (Lipinski definition) is 6. The van der Waals surface area contributed by atoms with Crippen molar-refractivity contribution in [3.63, 3.8) is 0 Å². The molecule has 4 atom stereocenters. The standard InChI is InChI=1S/C26H33N5O5/c1-26(2,3)36-17-11-21(24(33)29-16(13-27)10-15-8-9-28-23(15)32)31(14-17)25(34)20-12-18-19(30-20)6-5-7-22(18)35-4/h5-7,12,15-17,21,30H,8-11,14H2,1-4H3,(H,28,32)(H,29,33)/t15-,16-,17+,21?/m0/s1. The Hall–Kier alpha value is -3.58. The number of aromatic amines is 1. The van der Waals surface area contributed by atoms with Crippen LogP contribution in [0.3, 0.4) is 0 Å². The average Bonchev–Trinajstić information content (AvgIpc) is 3.55. The van der Waals surface area contributed by atoms with Gasteiger partial charge in [0.2, 0.25) is 11.8 Å². The molecule has 1 unspecified atom stereocenters. The molecule has 2 saturated heterocycles. The lowest BCUT2D eigenvalue weighted by Gasteiger charge is -2.25. The summed E-state index contributed by atoms with van der Waals surface area (Å²) in [5, 5.41) is 15.9. The normalized spacial score (nSPS) is 22.8. The third-order valence-corrected chi connectivity index (χ3v) is 6.58. The van der Waals surface area contributed by atoms with Crippen LogP contribution in [-0.4, -0.2) is 71.6 Å². The number of nitrogens with one attached hydrogen (secondary N) is 3. The van der Waals surface area contributed by atoms with Gasteiger partial charge in [0, 0.05) is 36.3 Å². The third-order valence-electron chi connectivity index (χ3n) is 6.58. The van der Waals surface area contributed by atoms with Gasteiger partial charge >= 0.3 is 0 Å². The number of fused-ring (bicyclic) bond motifs is 1. The first kappa shape index (κ1) is 25.5. The van der Waals surface area contributed by atoms with E-state index in [-0.39, 0.29) is 36.8 Å². The number of H-pyrrole nitrogens is 1. The number of carbonyl (C=O) groups is 3. The van der Waals surface area contributed by atoms with E-state index >= 15 is 0 Å². The molecular weight excluding hydrogens is 462 g/mol. The quantitative estimate of drug-likeness (QED) is 0.538. The summed E-state index contributed by atoms with van der Waals surface area (Å²) in [6.45, 7) is 6.59. The highest BCUT2D eigenvalue weighted by Crippen LogP contribution is 2.30. The van der Waals surface area contributed by atoms with Crippen LogP contribution in [0.5, 0.6) is 5.75 Å². The number of methoxy groups -OCH3 is 1. The van der Waals surface area contributed by atoms with Gasteiger partial charge in [0.1, 0.15) is 23.5 Å². The summed E-state index contributed by atoms with van der Waals surface area (Å²) in [5.41, 5.74) is 0.632. The SMILES string of the molecule is COc1cccc2[nH]c(C(=O)N3C[C@H](OC(C)(C)C)CC3C(=O)N[C@H](C#N)C[C@@H]3CCNC3=O)cc12. The molecule has 1 aromatic carbocycles. The van der Waals surface area contributed by atoms with Gasteiger partial charge in [-0.15, -0.1) is 0 Å². The first-order valence-corrected chi connectivity index (χ1v) is 12.2. The first-order chi connectivity index (χ1) is 17.1. The lowest BCUT2D eigenvalue weighted by molar-refractivity contribution is -0.126. The Labute approximate surface area is 210 Å². The summed E-state index contributed by atoms with van der Waals surface area (Å²) in [6.07, 6.45) is 0.829. The Bertz CT molecular complexity index is 1190. The zero-order valence-corrected chi connectivity index (χ0v) is 21.1. The van der Waals surface area contributed by atoms with Crippen molar-refractivity contribution in [3.05, 3.63) is 30.0 Å². The van der Waals surface area contributed by atoms with Gasteiger partial charge in [0.05, 0.1) is 24.9 Å². The van der Waals surface area contributed by atoms with E-state index in [2.05, 4.69) is 21.7 Å². The smallest absolute Gasteiger partial charge is 0.271 e. The highest BCUT2D eigenvalue weighted by molar-refractivity contribution is 6.01. The number of hydrogen-bond donors (Lipinski definition) is 3. The maximum atomic E-state index is 13.6. The molecule has 36 heavy (non-hydrogen) atoms. The fourth-order valence-corrected chi connectivity index (χ4v) is 5.00. The predicted octanol–water partition coefficient (Wildman–Crippen LogP) is 2.11. The summed E-state index contributed by atoms with van der Waals surface area (Å²) in [4.78, 5) is 43.6. The van der Waals surface area contributed by atoms with Crippen molar-refractivity contribution in [2.75, 3.05) is 20.2 Å². The van der Waals surface area contributed by atoms with E-state index in [1.807, 2.05) is 39.0 Å². The molecule has 10 nitrogen and oxygen atoms in total. The van der Waals surface area contributed by atoms with Crippen LogP contribution in [0.15, 0.2) is 24.3 Å². The average molecular weight is 496 g/mol. The Kier molecular flexibility index (Phi) is 7.22. The molecule has 10 heteroatoms. The number of amides is 3. The van der Waals surface area contributed by atoms with Crippen LogP contribution >= 0.6 is 0 Å². The molecule has 0 radical (unpaired) electrons. The Morgan fingerprint density at radius 1 is 1.33 bits per heavy atom. The van der Waals surface area contributed by atoms with Crippen LogP contribution in [0.2, 0.25) is 0 Å². The van der Waals surface area contributed by atoms with Crippen molar-refractivity contribution in [1.82, 2.24) is 20.5 Å². The number of ether oxygens (including phenoxy) is 2. The van der Waals surface area contributed by atoms with Crippen LogP contribution in [0.1, 0.15) is 50.5 Å². The molecule has 3 N–H and O–H groups in total. The van der Waals surface area contributed by atoms with E-state index in [4.69, 9.17) is 9.47 Å². The minimum Gasteiger partial charge on any atom is -0.496 e. The number of carbonyl (C=O) groups excluding carboxylic acids is 3. The molecule has 3 heterocycles. The first-order valence-electron chi connectivity index (χ1n) is 12.2. The number of benzene rings is 1. The van der Waals surface area contributed by atoms with Gasteiger partial charge in [0.15, 0.2) is 0 Å². The van der Waals surface area contributed by atoms with Gasteiger partial charge in [0.25, 0.3) is 5.91 Å². The molecule has 4 rings (SSSR count). The minimum absolute atomic E-state index is 0.102. The second-order valence-electron chi connectivity index (χ2n) is 10.4. The predicted molar refractivity (Wildman–Crippen MR) is 132 cm³/mol. The van der Waals surface area contributed by atoms with Crippen molar-refractivity contribution in [2.24, 2.45) is 5.92 Å². The summed E-state index contributed by atoms with van der Waals surface area (Å²) < 4.78 is 11.5. The zero-order valence-electron chi connectivity index (χ0n) is 21.1. The summed E-state index contributed by atoms with van der Waals surface area (Å²) >= 11 is 0. The number of likely N-dealkylation sites (tertiary alicyclic amines) is 1. The van der Waals surface area contributed by atoms with Gasteiger partial charge in [-0.1, -0.05) is 6.07 Å². The maximum absolute atomic E-state index is 13.6. The van der Waals surface area contributed by atoms with Crippen LogP contribution in [0.4, 0.5) is 0 Å². The molecule has 1 aromatic heterocycles. The molecule has 0 aliphatic carbocycles. The minimum atomic E-state index is -0.830. The molecule has 2 aromatic rings. The monoisotopic (exact) mass is 495 g/mol. The molecule has 2 aliphatic rings. The fraction of sp³-hybridized carbons (Fsp3) is 0.538. The topological polar surface area (TPSA) is 137 Å². The Morgan fingerprint density at radius 3 is 2.75 bits per heavy atom. The van der Waals surface area contributed by atoms with Gasteiger partial charge in [-0.2, -0.15) is 5.26 Å². The van der Waals surface area contributed by atoms with E-state index in [1.165, 1.54) is 4.90 Å². The molecule has 0 saturated carbocycles. The van der Waals surface area contributed by atoms with E-state index < -0.39 is 23.6 Å². The van der Waals surface area contributed by atoms with Crippen molar-refractivity contribution in [3.8, 4) is 11.8 Å². The number of rotatable bonds is 7. The molecule has 192 valence electrons. The van der Waals surface area contributed by atoms with Crippen LogP contribution < -0.4 is 15.4 Å². The zero-order chi connectivity index (χ0) is 26.0. The van der Waals surface area contributed by atoms with Gasteiger partial charge in [-0.25, -0.2) is 0 Å². The Morgan fingerprint density at radius 2 is 2.11 bits per heavy atom. The van der Waals surface area contributed by atoms with E-state index in [0.29, 0.717) is 30.8 Å². The van der Waals surface area contributed by atoms with Crippen molar-refractivity contribution in [1.29, 1.82) is 5.26 Å². The summed E-state index contributed by atoms with van der Waals surface area (Å²) in [5.74, 6) is -0.538. The van der Waals surface area contributed by atoms with E-state index in [0.717, 1.165) is 10.9 Å². The van der Waals surface area contributed by atoms with Crippen molar-refractivity contribution < 1.29 is 23.9 Å². The highest BCUT2D eigenvalue weighted by atomic mass is 16.5. The second-order valence-corrected chi connectivity index (χ2v) is 10.4. The highest BCUT2D eigenvalue weighted by Gasteiger charge is 2.43. The second kappa shape index (κ2) is 10.2. The van der Waals surface area contributed by atoms with Crippen LogP contribution in [0.25, 0.3) is 10.9 Å². The van der Waals surface area contributed by atoms with Gasteiger partial charge < -0.3 is 30.0 Å². The lowest BCUT2D eigenvalue weighted by atomic mass is 9.98. The molecule has 2 fully saturated rings. The summed E-state index contributed by atoms with van der Waals surface area (Å²) in [6, 6.07) is 7.67. The Balaban J connectivity index is 1.55. The van der Waals surface area contributed by atoms with E-state index in [9.17, 15) is 19.6 Å². The summed E-state index contributed by atoms with van der Waals surface area (Å²) in [7, 11) is 1.57. The maximum Gasteiger partial charge on any atom is 0.271 e. The molecule has 0 spiro atoms. The number of nitriles is 1. The largest absolute Gasteiger partial charge is 0.496 e. The lowest BCUT2D eigenvalue weighted by Crippen LogP contribution is -2.49. The van der Waals surface area contributed by atoms with Crippen molar-refractivity contribution in [2.45, 2.75) is 63.8 Å². The van der Waals surface area contributed by atoms with Gasteiger partial charge in [-0.05, 0) is 51.8 Å². The third kappa shape index (κ3) is 5.46. The van der Waals surface area contributed by atoms with Crippen LogP contribution in [0, 0.1) is 17.2 Å². The van der Waals surface area contributed by atoms with Crippen LogP contribution in [-0.2, 0) is 14.3 Å². The van der Waals surface area contributed by atoms with Gasteiger partial charge in [-0.3, -0.25) is 14.4 Å². The van der Waals surface area contributed by atoms with Crippen molar-refractivity contribution >= 4 is 28.6 Å². The number of aromatic nitrogens is 1. The molecular formula is C26H33N5O5.